The highest BCUT2D eigenvalue weighted by Gasteiger charge is 2.07. The molecule has 0 fully saturated rings. The predicted octanol–water partition coefficient (Wildman–Crippen LogP) is 3.66. The van der Waals surface area contributed by atoms with E-state index in [9.17, 15) is 8.78 Å². The van der Waals surface area contributed by atoms with Gasteiger partial charge >= 0.3 is 0 Å². The molecule has 2 nitrogen and oxygen atoms in total. The van der Waals surface area contributed by atoms with Crippen LogP contribution in [0.15, 0.2) is 36.4 Å². The van der Waals surface area contributed by atoms with Crippen LogP contribution in [0.1, 0.15) is 11.1 Å². The smallest absolute Gasteiger partial charge is 0.132 e. The molecule has 100 valence electrons. The molecule has 5 heteroatoms. The number of hydrogen-bond acceptors (Lipinski definition) is 2. The first kappa shape index (κ1) is 13.8. The minimum atomic E-state index is -0.642. The third kappa shape index (κ3) is 3.43. The fraction of sp³-hybridized carbons (Fsp3) is 0.143. The highest BCUT2D eigenvalue weighted by Crippen LogP contribution is 2.24. The monoisotopic (exact) mass is 283 g/mol. The van der Waals surface area contributed by atoms with Gasteiger partial charge in [-0.3, -0.25) is 0 Å². The van der Waals surface area contributed by atoms with Crippen LogP contribution in [-0.4, -0.2) is 0 Å². The predicted molar refractivity (Wildman–Crippen MR) is 70.0 cm³/mol. The van der Waals surface area contributed by atoms with Crippen molar-refractivity contribution < 1.29 is 13.5 Å². The molecule has 0 saturated heterocycles. The van der Waals surface area contributed by atoms with Gasteiger partial charge in [-0.05, 0) is 24.3 Å². The van der Waals surface area contributed by atoms with E-state index in [4.69, 9.17) is 22.1 Å². The molecule has 19 heavy (non-hydrogen) atoms. The Hall–Kier alpha value is -1.65. The lowest BCUT2D eigenvalue weighted by Crippen LogP contribution is -2.04. The maximum Gasteiger partial charge on any atom is 0.132 e. The molecule has 0 heterocycles. The van der Waals surface area contributed by atoms with Gasteiger partial charge in [0.15, 0.2) is 0 Å². The van der Waals surface area contributed by atoms with Gasteiger partial charge in [-0.1, -0.05) is 17.7 Å². The summed E-state index contributed by atoms with van der Waals surface area (Å²) in [6.07, 6.45) is 0. The fourth-order valence-corrected chi connectivity index (χ4v) is 1.79. The second kappa shape index (κ2) is 5.99. The quantitative estimate of drug-likeness (QED) is 0.929. The lowest BCUT2D eigenvalue weighted by atomic mass is 10.2. The Morgan fingerprint density at radius 3 is 2.47 bits per heavy atom. The van der Waals surface area contributed by atoms with E-state index in [0.29, 0.717) is 17.3 Å². The van der Waals surface area contributed by atoms with Crippen molar-refractivity contribution in [2.75, 3.05) is 0 Å². The first-order chi connectivity index (χ1) is 9.10. The van der Waals surface area contributed by atoms with Gasteiger partial charge in [0.1, 0.15) is 24.0 Å². The van der Waals surface area contributed by atoms with Crippen LogP contribution in [0.3, 0.4) is 0 Å². The van der Waals surface area contributed by atoms with E-state index in [1.807, 2.05) is 0 Å². The molecule has 0 aliphatic heterocycles. The molecule has 0 radical (unpaired) electrons. The zero-order valence-electron chi connectivity index (χ0n) is 10.00. The van der Waals surface area contributed by atoms with Crippen LogP contribution in [0.5, 0.6) is 5.75 Å². The minimum Gasteiger partial charge on any atom is -0.488 e. The zero-order chi connectivity index (χ0) is 13.8. The van der Waals surface area contributed by atoms with Crippen molar-refractivity contribution in [1.82, 2.24) is 0 Å². The largest absolute Gasteiger partial charge is 0.488 e. The van der Waals surface area contributed by atoms with Crippen LogP contribution in [0, 0.1) is 11.6 Å². The first-order valence-corrected chi connectivity index (χ1v) is 6.03. The maximum atomic E-state index is 13.4. The topological polar surface area (TPSA) is 35.2 Å². The fourth-order valence-electron chi connectivity index (χ4n) is 1.63. The van der Waals surface area contributed by atoms with Crippen molar-refractivity contribution in [2.45, 2.75) is 13.2 Å². The summed E-state index contributed by atoms with van der Waals surface area (Å²) in [6.45, 7) is 0.276. The summed E-state index contributed by atoms with van der Waals surface area (Å²) in [6, 6.07) is 8.42. The molecule has 0 bridgehead atoms. The van der Waals surface area contributed by atoms with Crippen molar-refractivity contribution in [3.05, 3.63) is 64.2 Å². The summed E-state index contributed by atoms with van der Waals surface area (Å²) in [5.74, 6) is -0.762. The van der Waals surface area contributed by atoms with Gasteiger partial charge in [-0.2, -0.15) is 0 Å². The average molecular weight is 284 g/mol. The minimum absolute atomic E-state index is 0.0144. The van der Waals surface area contributed by atoms with Crippen LogP contribution < -0.4 is 10.5 Å². The number of hydrogen-bond donors (Lipinski definition) is 1. The van der Waals surface area contributed by atoms with E-state index in [0.717, 1.165) is 11.6 Å². The molecule has 0 aliphatic rings. The highest BCUT2D eigenvalue weighted by molar-refractivity contribution is 6.30. The van der Waals surface area contributed by atoms with E-state index in [1.165, 1.54) is 12.1 Å². The molecule has 2 rings (SSSR count). The van der Waals surface area contributed by atoms with Crippen LogP contribution in [0.25, 0.3) is 0 Å². The van der Waals surface area contributed by atoms with E-state index >= 15 is 0 Å². The van der Waals surface area contributed by atoms with Gasteiger partial charge in [-0.15, -0.1) is 0 Å². The molecule has 0 unspecified atom stereocenters. The maximum absolute atomic E-state index is 13.4. The average Bonchev–Trinajstić information content (AvgIpc) is 2.38. The molecular weight excluding hydrogens is 272 g/mol. The molecular formula is C14H12ClF2NO. The Bertz CT molecular complexity index is 590. The van der Waals surface area contributed by atoms with E-state index in [2.05, 4.69) is 0 Å². The van der Waals surface area contributed by atoms with E-state index in [-0.39, 0.29) is 12.2 Å². The summed E-state index contributed by atoms with van der Waals surface area (Å²) in [4.78, 5) is 0. The number of halogens is 3. The third-order valence-corrected chi connectivity index (χ3v) is 2.88. The molecule has 0 saturated carbocycles. The molecule has 0 aliphatic carbocycles. The van der Waals surface area contributed by atoms with Gasteiger partial charge in [0.2, 0.25) is 0 Å². The Morgan fingerprint density at radius 1 is 1.05 bits per heavy atom. The van der Waals surface area contributed by atoms with Crippen molar-refractivity contribution in [3.63, 3.8) is 0 Å². The van der Waals surface area contributed by atoms with Crippen LogP contribution in [0.4, 0.5) is 8.78 Å². The van der Waals surface area contributed by atoms with Gasteiger partial charge in [-0.25, -0.2) is 8.78 Å². The lowest BCUT2D eigenvalue weighted by Gasteiger charge is -2.11. The standard InChI is InChI=1S/C14H12ClF2NO/c15-11-3-1-9(7-18)14(5-11)19-8-10-2-4-12(16)6-13(10)17/h1-6H,7-8,18H2. The summed E-state index contributed by atoms with van der Waals surface area (Å²) in [5.41, 5.74) is 6.61. The van der Waals surface area contributed by atoms with Crippen molar-refractivity contribution in [3.8, 4) is 5.75 Å². The van der Waals surface area contributed by atoms with Gasteiger partial charge < -0.3 is 10.5 Å². The molecule has 0 aromatic heterocycles. The number of rotatable bonds is 4. The molecule has 2 aromatic carbocycles. The molecule has 0 spiro atoms. The van der Waals surface area contributed by atoms with Crippen LogP contribution >= 0.6 is 11.6 Å². The molecule has 2 aromatic rings. The summed E-state index contributed by atoms with van der Waals surface area (Å²) < 4.78 is 31.7. The highest BCUT2D eigenvalue weighted by atomic mass is 35.5. The van der Waals surface area contributed by atoms with E-state index < -0.39 is 11.6 Å². The van der Waals surface area contributed by atoms with Gasteiger partial charge in [0, 0.05) is 28.8 Å². The Labute approximate surface area is 114 Å². The van der Waals surface area contributed by atoms with Gasteiger partial charge in [0.05, 0.1) is 0 Å². The third-order valence-electron chi connectivity index (χ3n) is 2.65. The molecule has 0 amide bonds. The Balaban J connectivity index is 2.16. The van der Waals surface area contributed by atoms with Gasteiger partial charge in [0.25, 0.3) is 0 Å². The number of benzene rings is 2. The Kier molecular flexibility index (Phi) is 4.35. The summed E-state index contributed by atoms with van der Waals surface area (Å²) >= 11 is 5.86. The van der Waals surface area contributed by atoms with E-state index in [1.54, 1.807) is 18.2 Å². The van der Waals surface area contributed by atoms with Crippen molar-refractivity contribution >= 4 is 11.6 Å². The molecule has 2 N–H and O–H groups in total. The second-order valence-electron chi connectivity index (χ2n) is 3.98. The second-order valence-corrected chi connectivity index (χ2v) is 4.42. The van der Waals surface area contributed by atoms with Crippen LogP contribution in [0.2, 0.25) is 5.02 Å². The first-order valence-electron chi connectivity index (χ1n) is 5.65. The Morgan fingerprint density at radius 2 is 1.79 bits per heavy atom. The van der Waals surface area contributed by atoms with Crippen LogP contribution in [-0.2, 0) is 13.2 Å². The SMILES string of the molecule is NCc1ccc(Cl)cc1OCc1ccc(F)cc1F. The number of ether oxygens (including phenoxy) is 1. The summed E-state index contributed by atoms with van der Waals surface area (Å²) in [7, 11) is 0. The molecule has 0 atom stereocenters. The lowest BCUT2D eigenvalue weighted by molar-refractivity contribution is 0.296. The van der Waals surface area contributed by atoms with Crippen molar-refractivity contribution in [1.29, 1.82) is 0 Å². The normalized spacial score (nSPS) is 10.5. The zero-order valence-corrected chi connectivity index (χ0v) is 10.8. The number of nitrogens with two attached hydrogens (primary N) is 1. The van der Waals surface area contributed by atoms with Crippen molar-refractivity contribution in [2.24, 2.45) is 5.73 Å². The summed E-state index contributed by atoms with van der Waals surface area (Å²) in [5, 5.41) is 0.506.